The number of aliphatic hydroxyl groups excluding tert-OH is 2. The highest BCUT2D eigenvalue weighted by Gasteiger charge is 2.50. The molecular formula is C27H40O5Si. The smallest absolute Gasteiger partial charge is 0.261 e. The second-order valence-corrected chi connectivity index (χ2v) is 14.8. The van der Waals surface area contributed by atoms with E-state index in [9.17, 15) is 10.2 Å². The van der Waals surface area contributed by atoms with Crippen LogP contribution in [-0.2, 0) is 13.9 Å². The fraction of sp³-hybridized carbons (Fsp3) is 0.556. The maximum absolute atomic E-state index is 10.6. The summed E-state index contributed by atoms with van der Waals surface area (Å²) in [5.41, 5.74) is 0. The minimum Gasteiger partial charge on any atom is -0.407 e. The second kappa shape index (κ2) is 10.8. The Morgan fingerprint density at radius 3 is 1.97 bits per heavy atom. The fourth-order valence-corrected chi connectivity index (χ4v) is 9.40. The van der Waals surface area contributed by atoms with E-state index < -0.39 is 26.3 Å². The largest absolute Gasteiger partial charge is 0.407 e. The predicted molar refractivity (Wildman–Crippen MR) is 134 cm³/mol. The molecule has 0 saturated carbocycles. The van der Waals surface area contributed by atoms with Gasteiger partial charge in [-0.1, -0.05) is 81.4 Å². The zero-order chi connectivity index (χ0) is 24.1. The van der Waals surface area contributed by atoms with Crippen LogP contribution in [0.15, 0.2) is 60.7 Å². The van der Waals surface area contributed by atoms with E-state index in [1.54, 1.807) is 0 Å². The third-order valence-corrected chi connectivity index (χ3v) is 11.4. The third-order valence-electron chi connectivity index (χ3n) is 6.33. The second-order valence-electron chi connectivity index (χ2n) is 10.5. The van der Waals surface area contributed by atoms with E-state index in [2.05, 4.69) is 69.3 Å². The summed E-state index contributed by atoms with van der Waals surface area (Å²) in [5.74, 6) is -0.605. The van der Waals surface area contributed by atoms with E-state index in [0.29, 0.717) is 32.5 Å². The summed E-state index contributed by atoms with van der Waals surface area (Å²) in [6.45, 7) is 11.4. The molecule has 6 heteroatoms. The summed E-state index contributed by atoms with van der Waals surface area (Å²) in [5, 5.41) is 23.4. The number of rotatable bonds is 10. The van der Waals surface area contributed by atoms with Gasteiger partial charge in [-0.2, -0.15) is 0 Å². The summed E-state index contributed by atoms with van der Waals surface area (Å²) < 4.78 is 18.2. The zero-order valence-corrected chi connectivity index (χ0v) is 21.7. The molecule has 3 rings (SSSR count). The third kappa shape index (κ3) is 6.53. The van der Waals surface area contributed by atoms with Crippen molar-refractivity contribution < 1.29 is 24.1 Å². The molecule has 1 fully saturated rings. The monoisotopic (exact) mass is 472 g/mol. The van der Waals surface area contributed by atoms with E-state index >= 15 is 0 Å². The first-order valence-electron chi connectivity index (χ1n) is 12.0. The van der Waals surface area contributed by atoms with Crippen LogP contribution in [0.4, 0.5) is 0 Å². The average molecular weight is 473 g/mol. The van der Waals surface area contributed by atoms with E-state index in [4.69, 9.17) is 13.9 Å². The SMILES string of the molecule is CC1(C)OC[C@@H](C[C@@H](O)C[C@@H](O)CCO[Si](c2ccccc2)(c2ccccc2)C(C)(C)C)O1. The van der Waals surface area contributed by atoms with Gasteiger partial charge in [-0.15, -0.1) is 0 Å². The van der Waals surface area contributed by atoms with Crippen molar-refractivity contribution in [3.8, 4) is 0 Å². The molecule has 1 heterocycles. The minimum absolute atomic E-state index is 0.104. The molecule has 0 spiro atoms. The zero-order valence-electron chi connectivity index (χ0n) is 20.7. The molecule has 0 radical (unpaired) electrons. The lowest BCUT2D eigenvalue weighted by atomic mass is 10.0. The van der Waals surface area contributed by atoms with Crippen LogP contribution in [0, 0.1) is 0 Å². The summed E-state index contributed by atoms with van der Waals surface area (Å²) in [7, 11) is -2.61. The van der Waals surface area contributed by atoms with Crippen LogP contribution < -0.4 is 10.4 Å². The standard InChI is InChI=1S/C27H40O5Si/c1-26(2,3)33(24-12-8-6-9-13-24,25-14-10-7-11-15-25)31-17-16-21(28)18-22(29)19-23-20-30-27(4,5)32-23/h6-15,21-23,28-29H,16-20H2,1-5H3/t21-,22-,23+/m0/s1. The molecule has 2 aromatic rings. The molecule has 0 unspecified atom stereocenters. The first-order valence-corrected chi connectivity index (χ1v) is 13.9. The molecule has 5 nitrogen and oxygen atoms in total. The number of ether oxygens (including phenoxy) is 2. The highest BCUT2D eigenvalue weighted by molar-refractivity contribution is 6.99. The molecular weight excluding hydrogens is 432 g/mol. The van der Waals surface area contributed by atoms with Crippen molar-refractivity contribution in [3.63, 3.8) is 0 Å². The summed E-state index contributed by atoms with van der Waals surface area (Å²) in [6.07, 6.45) is -0.213. The lowest BCUT2D eigenvalue weighted by molar-refractivity contribution is -0.141. The highest BCUT2D eigenvalue weighted by Crippen LogP contribution is 2.37. The van der Waals surface area contributed by atoms with Crippen molar-refractivity contribution in [2.45, 2.75) is 83.0 Å². The molecule has 1 aliphatic rings. The Labute approximate surface area is 199 Å². The van der Waals surface area contributed by atoms with Gasteiger partial charge in [0, 0.05) is 13.0 Å². The predicted octanol–water partition coefficient (Wildman–Crippen LogP) is 3.61. The molecule has 1 saturated heterocycles. The average Bonchev–Trinajstić information content (AvgIpc) is 3.09. The Morgan fingerprint density at radius 2 is 1.52 bits per heavy atom. The van der Waals surface area contributed by atoms with E-state index in [-0.39, 0.29) is 11.1 Å². The lowest BCUT2D eigenvalue weighted by Crippen LogP contribution is -2.66. The van der Waals surface area contributed by atoms with Crippen molar-refractivity contribution >= 4 is 18.7 Å². The van der Waals surface area contributed by atoms with Crippen LogP contribution in [0.25, 0.3) is 0 Å². The molecule has 2 N–H and O–H groups in total. The molecule has 2 aromatic carbocycles. The normalized spacial score (nSPS) is 20.5. The maximum Gasteiger partial charge on any atom is 0.261 e. The van der Waals surface area contributed by atoms with Gasteiger partial charge in [-0.05, 0) is 42.1 Å². The first-order chi connectivity index (χ1) is 15.5. The van der Waals surface area contributed by atoms with Gasteiger partial charge in [-0.3, -0.25) is 0 Å². The van der Waals surface area contributed by atoms with Crippen LogP contribution in [-0.4, -0.2) is 55.8 Å². The summed E-state index contributed by atoms with van der Waals surface area (Å²) in [4.78, 5) is 0. The number of hydrogen-bond acceptors (Lipinski definition) is 5. The Morgan fingerprint density at radius 1 is 0.970 bits per heavy atom. The van der Waals surface area contributed by atoms with Gasteiger partial charge in [0.05, 0.1) is 24.9 Å². The highest BCUT2D eigenvalue weighted by atomic mass is 28.4. The molecule has 0 aromatic heterocycles. The molecule has 0 bridgehead atoms. The van der Waals surface area contributed by atoms with E-state index in [0.717, 1.165) is 0 Å². The van der Waals surface area contributed by atoms with Gasteiger partial charge in [0.1, 0.15) is 0 Å². The summed E-state index contributed by atoms with van der Waals surface area (Å²) >= 11 is 0. The molecule has 0 amide bonds. The maximum atomic E-state index is 10.6. The van der Waals surface area contributed by atoms with Gasteiger partial charge in [-0.25, -0.2) is 0 Å². The fourth-order valence-electron chi connectivity index (χ4n) is 4.82. The van der Waals surface area contributed by atoms with Crippen LogP contribution in [0.3, 0.4) is 0 Å². The topological polar surface area (TPSA) is 68.2 Å². The van der Waals surface area contributed by atoms with Gasteiger partial charge in [0.2, 0.25) is 0 Å². The molecule has 1 aliphatic heterocycles. The Balaban J connectivity index is 1.66. The van der Waals surface area contributed by atoms with Gasteiger partial charge in [0.25, 0.3) is 8.32 Å². The Bertz CT molecular complexity index is 810. The molecule has 3 atom stereocenters. The number of benzene rings is 2. The quantitative estimate of drug-likeness (QED) is 0.517. The van der Waals surface area contributed by atoms with Crippen LogP contribution in [0.2, 0.25) is 5.04 Å². The molecule has 0 aliphatic carbocycles. The molecule has 33 heavy (non-hydrogen) atoms. The Kier molecular flexibility index (Phi) is 8.54. The van der Waals surface area contributed by atoms with Crippen LogP contribution >= 0.6 is 0 Å². The summed E-state index contributed by atoms with van der Waals surface area (Å²) in [6, 6.07) is 21.0. The number of aliphatic hydroxyl groups is 2. The van der Waals surface area contributed by atoms with Gasteiger partial charge >= 0.3 is 0 Å². The van der Waals surface area contributed by atoms with Crippen molar-refractivity contribution in [2.24, 2.45) is 0 Å². The van der Waals surface area contributed by atoms with Crippen LogP contribution in [0.1, 0.15) is 53.9 Å². The van der Waals surface area contributed by atoms with E-state index in [1.807, 2.05) is 26.0 Å². The van der Waals surface area contributed by atoms with Gasteiger partial charge in [0.15, 0.2) is 5.79 Å². The minimum atomic E-state index is -2.61. The first kappa shape index (κ1) is 26.1. The van der Waals surface area contributed by atoms with Gasteiger partial charge < -0.3 is 24.1 Å². The number of hydrogen-bond donors (Lipinski definition) is 2. The van der Waals surface area contributed by atoms with Crippen LogP contribution in [0.5, 0.6) is 0 Å². The Hall–Kier alpha value is -1.54. The van der Waals surface area contributed by atoms with Crippen molar-refractivity contribution in [3.05, 3.63) is 60.7 Å². The van der Waals surface area contributed by atoms with Crippen molar-refractivity contribution in [1.29, 1.82) is 0 Å². The van der Waals surface area contributed by atoms with Crippen molar-refractivity contribution in [2.75, 3.05) is 13.2 Å². The molecule has 182 valence electrons. The lowest BCUT2D eigenvalue weighted by Gasteiger charge is -2.43. The van der Waals surface area contributed by atoms with E-state index in [1.165, 1.54) is 10.4 Å². The van der Waals surface area contributed by atoms with Crippen molar-refractivity contribution in [1.82, 2.24) is 0 Å².